The zero-order chi connectivity index (χ0) is 24.8. The van der Waals surface area contributed by atoms with Gasteiger partial charge < -0.3 is 29.0 Å². The first-order valence-corrected chi connectivity index (χ1v) is 12.6. The number of esters is 1. The van der Waals surface area contributed by atoms with Gasteiger partial charge >= 0.3 is 13.6 Å². The fourth-order valence-corrected chi connectivity index (χ4v) is 5.64. The minimum atomic E-state index is -3.79. The number of Topliss-reactive ketones (excluding diaryl/α,β-unsaturated/α-hetero) is 1. The first kappa shape index (κ1) is 25.9. The van der Waals surface area contributed by atoms with Crippen LogP contribution in [0.4, 0.5) is 0 Å². The number of nitrogens with two attached hydrogens (primary N) is 1. The molecule has 2 aromatic carbocycles. The fourth-order valence-electron chi connectivity index (χ4n) is 3.76. The average molecular weight is 491 g/mol. The third-order valence-corrected chi connectivity index (χ3v) is 7.58. The summed E-state index contributed by atoms with van der Waals surface area (Å²) in [7, 11) is -3.79. The van der Waals surface area contributed by atoms with E-state index in [0.717, 1.165) is 5.56 Å². The highest BCUT2D eigenvalue weighted by atomic mass is 31.2. The zero-order valence-electron chi connectivity index (χ0n) is 19.6. The van der Waals surface area contributed by atoms with Gasteiger partial charge in [-0.2, -0.15) is 0 Å². The monoisotopic (exact) mass is 491 g/mol. The van der Waals surface area contributed by atoms with E-state index in [1.807, 2.05) is 12.1 Å². The smallest absolute Gasteiger partial charge is 0.361 e. The summed E-state index contributed by atoms with van der Waals surface area (Å²) in [5.74, 6) is 0.102. The number of hydrogen-bond donors (Lipinski definition) is 1. The largest absolute Gasteiger partial charge is 0.454 e. The van der Waals surface area contributed by atoms with Gasteiger partial charge in [-0.1, -0.05) is 24.3 Å². The number of carbonyl (C=O) groups is 2. The van der Waals surface area contributed by atoms with E-state index in [-0.39, 0.29) is 43.1 Å². The number of benzene rings is 2. The Hall–Kier alpha value is -2.71. The molecule has 1 unspecified atom stereocenters. The summed E-state index contributed by atoms with van der Waals surface area (Å²) in [6, 6.07) is 11.9. The van der Waals surface area contributed by atoms with E-state index in [4.69, 9.17) is 29.0 Å². The van der Waals surface area contributed by atoms with Crippen molar-refractivity contribution in [2.75, 3.05) is 26.6 Å². The molecule has 0 radical (unpaired) electrons. The van der Waals surface area contributed by atoms with E-state index in [9.17, 15) is 14.2 Å². The van der Waals surface area contributed by atoms with Crippen LogP contribution in [0.1, 0.15) is 38.3 Å². The fraction of sp³-hybridized carbons (Fsp3) is 0.417. The highest BCUT2D eigenvalue weighted by Crippen LogP contribution is 2.49. The normalized spacial score (nSPS) is 14.5. The molecule has 0 aliphatic carbocycles. The molecule has 0 amide bonds. The summed E-state index contributed by atoms with van der Waals surface area (Å²) in [5, 5.41) is 0.169. The van der Waals surface area contributed by atoms with Crippen LogP contribution < -0.4 is 20.5 Å². The lowest BCUT2D eigenvalue weighted by atomic mass is 9.87. The summed E-state index contributed by atoms with van der Waals surface area (Å²) >= 11 is 0. The molecular formula is C24H30NO8P. The van der Waals surface area contributed by atoms with E-state index < -0.39 is 25.7 Å². The standard InChI is InChI=1S/C24H30NO8P/c1-4-31-34(28,32-5-2)21-9-7-6-8-18(21)24(3,33-23(27)15-25)22(26)13-11-17-10-12-19-20(14-17)30-16-29-19/h6-10,12,14H,4-5,11,13,15-16,25H2,1-3H3. The molecule has 9 nitrogen and oxygen atoms in total. The minimum absolute atomic E-state index is 0.0376. The van der Waals surface area contributed by atoms with Gasteiger partial charge in [0.05, 0.1) is 25.1 Å². The molecule has 1 aliphatic heterocycles. The maximum Gasteiger partial charge on any atom is 0.361 e. The van der Waals surface area contributed by atoms with Gasteiger partial charge in [-0.3, -0.25) is 14.2 Å². The molecule has 0 bridgehead atoms. The van der Waals surface area contributed by atoms with E-state index in [2.05, 4.69) is 0 Å². The number of rotatable bonds is 12. The van der Waals surface area contributed by atoms with Gasteiger partial charge in [-0.25, -0.2) is 0 Å². The maximum atomic E-state index is 13.6. The molecule has 0 saturated carbocycles. The Morgan fingerprint density at radius 3 is 2.41 bits per heavy atom. The maximum absolute atomic E-state index is 13.6. The van der Waals surface area contributed by atoms with E-state index >= 15 is 0 Å². The van der Waals surface area contributed by atoms with Gasteiger partial charge in [0.2, 0.25) is 6.79 Å². The van der Waals surface area contributed by atoms with E-state index in [0.29, 0.717) is 17.9 Å². The van der Waals surface area contributed by atoms with Gasteiger partial charge in [0.1, 0.15) is 0 Å². The highest BCUT2D eigenvalue weighted by molar-refractivity contribution is 7.62. The molecule has 1 heterocycles. The van der Waals surface area contributed by atoms with Crippen LogP contribution in [0.5, 0.6) is 11.5 Å². The molecule has 0 aromatic heterocycles. The number of hydrogen-bond acceptors (Lipinski definition) is 9. The van der Waals surface area contributed by atoms with Crippen LogP contribution >= 0.6 is 7.60 Å². The Morgan fingerprint density at radius 1 is 1.06 bits per heavy atom. The third-order valence-electron chi connectivity index (χ3n) is 5.41. The molecule has 0 fully saturated rings. The van der Waals surface area contributed by atoms with Gasteiger partial charge in [-0.15, -0.1) is 0 Å². The van der Waals surface area contributed by atoms with Gasteiger partial charge in [-0.05, 0) is 51.0 Å². The van der Waals surface area contributed by atoms with Crippen molar-refractivity contribution in [1.29, 1.82) is 0 Å². The predicted octanol–water partition coefficient (Wildman–Crippen LogP) is 3.23. The highest BCUT2D eigenvalue weighted by Gasteiger charge is 2.44. The van der Waals surface area contributed by atoms with Gasteiger partial charge in [0.25, 0.3) is 0 Å². The van der Waals surface area contributed by atoms with Crippen LogP contribution in [0.2, 0.25) is 0 Å². The van der Waals surface area contributed by atoms with E-state index in [1.54, 1.807) is 44.2 Å². The first-order chi connectivity index (χ1) is 16.3. The Labute approximate surface area is 199 Å². The van der Waals surface area contributed by atoms with Crippen molar-refractivity contribution >= 4 is 24.7 Å². The first-order valence-electron chi connectivity index (χ1n) is 11.1. The Bertz CT molecular complexity index is 1080. The molecule has 34 heavy (non-hydrogen) atoms. The molecule has 184 valence electrons. The second-order valence-corrected chi connectivity index (χ2v) is 9.67. The molecule has 3 rings (SSSR count). The van der Waals surface area contributed by atoms with Crippen LogP contribution in [0.25, 0.3) is 0 Å². The SMILES string of the molecule is CCOP(=O)(OCC)c1ccccc1C(C)(OC(=O)CN)C(=O)CCc1ccc2c(c1)OCO2. The molecule has 10 heteroatoms. The Morgan fingerprint density at radius 2 is 1.74 bits per heavy atom. The summed E-state index contributed by atoms with van der Waals surface area (Å²) in [6.07, 6.45) is 0.401. The molecule has 2 N–H and O–H groups in total. The lowest BCUT2D eigenvalue weighted by Gasteiger charge is -2.32. The molecule has 0 spiro atoms. The van der Waals surface area contributed by atoms with Gasteiger partial charge in [0, 0.05) is 12.0 Å². The molecule has 0 saturated heterocycles. The van der Waals surface area contributed by atoms with Crippen molar-refractivity contribution in [3.8, 4) is 11.5 Å². The summed E-state index contributed by atoms with van der Waals surface area (Å²) in [4.78, 5) is 25.8. The Balaban J connectivity index is 1.96. The lowest BCUT2D eigenvalue weighted by Crippen LogP contribution is -2.43. The number of ketones is 1. The topological polar surface area (TPSA) is 123 Å². The van der Waals surface area contributed by atoms with Gasteiger partial charge in [0.15, 0.2) is 22.9 Å². The number of ether oxygens (including phenoxy) is 3. The summed E-state index contributed by atoms with van der Waals surface area (Å²) in [5.41, 5.74) is 4.81. The Kier molecular flexibility index (Phi) is 8.49. The predicted molar refractivity (Wildman–Crippen MR) is 125 cm³/mol. The number of fused-ring (bicyclic) bond motifs is 1. The van der Waals surface area contributed by atoms with Crippen LogP contribution in [-0.2, 0) is 40.0 Å². The van der Waals surface area contributed by atoms with Crippen molar-refractivity contribution in [2.24, 2.45) is 5.73 Å². The van der Waals surface area contributed by atoms with Crippen LogP contribution in [0, 0.1) is 0 Å². The van der Waals surface area contributed by atoms with Crippen molar-refractivity contribution in [1.82, 2.24) is 0 Å². The average Bonchev–Trinajstić information content (AvgIpc) is 3.30. The van der Waals surface area contributed by atoms with Crippen molar-refractivity contribution in [2.45, 2.75) is 39.2 Å². The molecule has 1 aliphatic rings. The van der Waals surface area contributed by atoms with Crippen LogP contribution in [0.3, 0.4) is 0 Å². The molecule has 2 aromatic rings. The summed E-state index contributed by atoms with van der Waals surface area (Å²) < 4.78 is 40.9. The quantitative estimate of drug-likeness (QED) is 0.352. The zero-order valence-corrected chi connectivity index (χ0v) is 20.5. The second kappa shape index (κ2) is 11.1. The summed E-state index contributed by atoms with van der Waals surface area (Å²) in [6.45, 7) is 4.86. The van der Waals surface area contributed by atoms with E-state index in [1.165, 1.54) is 6.92 Å². The molecule has 1 atom stereocenters. The third kappa shape index (κ3) is 5.50. The number of aryl methyl sites for hydroxylation is 1. The van der Waals surface area contributed by atoms with Crippen LogP contribution in [0.15, 0.2) is 42.5 Å². The minimum Gasteiger partial charge on any atom is -0.454 e. The number of carbonyl (C=O) groups excluding carboxylic acids is 2. The second-order valence-electron chi connectivity index (χ2n) is 7.67. The van der Waals surface area contributed by atoms with Crippen molar-refractivity contribution in [3.05, 3.63) is 53.6 Å². The lowest BCUT2D eigenvalue weighted by molar-refractivity contribution is -0.165. The van der Waals surface area contributed by atoms with Crippen LogP contribution in [-0.4, -0.2) is 38.3 Å². The molecular weight excluding hydrogens is 461 g/mol. The van der Waals surface area contributed by atoms with Crippen molar-refractivity contribution < 1.29 is 37.4 Å². The van der Waals surface area contributed by atoms with Crippen molar-refractivity contribution in [3.63, 3.8) is 0 Å².